The summed E-state index contributed by atoms with van der Waals surface area (Å²) in [6.07, 6.45) is 5.39. The van der Waals surface area contributed by atoms with Crippen molar-refractivity contribution in [2.24, 2.45) is 5.92 Å². The molecule has 0 radical (unpaired) electrons. The Bertz CT molecular complexity index is 99.1. The van der Waals surface area contributed by atoms with Crippen LogP contribution in [0.1, 0.15) is 32.6 Å². The highest BCUT2D eigenvalue weighted by Gasteiger charge is 2.32. The van der Waals surface area contributed by atoms with Gasteiger partial charge in [-0.2, -0.15) is 0 Å². The van der Waals surface area contributed by atoms with Gasteiger partial charge in [-0.1, -0.05) is 51.6 Å². The SMILES string of the molecule is CC1CCCCC1(Br)Br. The molecule has 0 heterocycles. The van der Waals surface area contributed by atoms with E-state index < -0.39 is 0 Å². The monoisotopic (exact) mass is 254 g/mol. The molecule has 9 heavy (non-hydrogen) atoms. The molecule has 0 aromatic carbocycles. The summed E-state index contributed by atoms with van der Waals surface area (Å²) in [5.41, 5.74) is 0. The van der Waals surface area contributed by atoms with Gasteiger partial charge < -0.3 is 0 Å². The molecule has 54 valence electrons. The summed E-state index contributed by atoms with van der Waals surface area (Å²) in [4.78, 5) is 0. The molecule has 0 saturated heterocycles. The van der Waals surface area contributed by atoms with Crippen LogP contribution >= 0.6 is 31.9 Å². The van der Waals surface area contributed by atoms with Crippen LogP contribution in [-0.2, 0) is 0 Å². The van der Waals surface area contributed by atoms with Crippen molar-refractivity contribution in [2.75, 3.05) is 0 Å². The van der Waals surface area contributed by atoms with Gasteiger partial charge in [0.2, 0.25) is 0 Å². The third-order valence-electron chi connectivity index (χ3n) is 2.12. The highest BCUT2D eigenvalue weighted by molar-refractivity contribution is 9.25. The summed E-state index contributed by atoms with van der Waals surface area (Å²) in [6.45, 7) is 2.29. The molecule has 0 spiro atoms. The van der Waals surface area contributed by atoms with E-state index in [1.165, 1.54) is 25.7 Å². The van der Waals surface area contributed by atoms with E-state index in [0.717, 1.165) is 5.92 Å². The molecule has 1 rings (SSSR count). The molecule has 0 N–H and O–H groups in total. The van der Waals surface area contributed by atoms with Crippen LogP contribution in [0.5, 0.6) is 0 Å². The van der Waals surface area contributed by atoms with E-state index in [-0.39, 0.29) is 3.23 Å². The lowest BCUT2D eigenvalue weighted by Crippen LogP contribution is -2.25. The Hall–Kier alpha value is 0.960. The molecule has 0 amide bonds. The standard InChI is InChI=1S/C7H12Br2/c1-6-4-2-3-5-7(6,8)9/h6H,2-5H2,1H3. The molecule has 0 aromatic rings. The first-order valence-corrected chi connectivity index (χ1v) is 5.09. The maximum atomic E-state index is 3.67. The molecule has 0 bridgehead atoms. The van der Waals surface area contributed by atoms with Crippen LogP contribution in [0, 0.1) is 5.92 Å². The van der Waals surface area contributed by atoms with Crippen molar-refractivity contribution in [1.29, 1.82) is 0 Å². The Morgan fingerprint density at radius 1 is 1.33 bits per heavy atom. The van der Waals surface area contributed by atoms with Crippen molar-refractivity contribution in [2.45, 2.75) is 35.8 Å². The topological polar surface area (TPSA) is 0 Å². The summed E-state index contributed by atoms with van der Waals surface area (Å²) in [6, 6.07) is 0. The molecule has 1 aliphatic rings. The largest absolute Gasteiger partial charge is 0.0831 e. The van der Waals surface area contributed by atoms with Gasteiger partial charge in [-0.15, -0.1) is 0 Å². The van der Waals surface area contributed by atoms with E-state index in [0.29, 0.717) is 0 Å². The van der Waals surface area contributed by atoms with E-state index in [1.807, 2.05) is 0 Å². The van der Waals surface area contributed by atoms with Crippen LogP contribution < -0.4 is 0 Å². The van der Waals surface area contributed by atoms with Crippen molar-refractivity contribution >= 4 is 31.9 Å². The smallest absolute Gasteiger partial charge is 0.0724 e. The summed E-state index contributed by atoms with van der Waals surface area (Å²) in [7, 11) is 0. The van der Waals surface area contributed by atoms with Gasteiger partial charge in [0, 0.05) is 0 Å². The van der Waals surface area contributed by atoms with Crippen molar-refractivity contribution in [3.63, 3.8) is 0 Å². The fourth-order valence-corrected chi connectivity index (χ4v) is 2.29. The van der Waals surface area contributed by atoms with E-state index in [9.17, 15) is 0 Å². The maximum absolute atomic E-state index is 3.67. The molecule has 1 unspecified atom stereocenters. The first-order chi connectivity index (χ1) is 4.13. The van der Waals surface area contributed by atoms with Crippen molar-refractivity contribution in [3.05, 3.63) is 0 Å². The maximum Gasteiger partial charge on any atom is 0.0831 e. The number of halogens is 2. The molecule has 2 heteroatoms. The van der Waals surface area contributed by atoms with Crippen molar-refractivity contribution in [1.82, 2.24) is 0 Å². The second-order valence-corrected chi connectivity index (χ2v) is 6.80. The predicted octanol–water partition coefficient (Wildman–Crippen LogP) is 3.68. The molecule has 0 aliphatic heterocycles. The molecule has 1 fully saturated rings. The van der Waals surface area contributed by atoms with E-state index in [1.54, 1.807) is 0 Å². The third kappa shape index (κ3) is 1.94. The Morgan fingerprint density at radius 2 is 2.00 bits per heavy atom. The summed E-state index contributed by atoms with van der Waals surface area (Å²) in [5, 5.41) is 0. The highest BCUT2D eigenvalue weighted by atomic mass is 79.9. The third-order valence-corrected chi connectivity index (χ3v) is 4.47. The van der Waals surface area contributed by atoms with Crippen LogP contribution in [-0.4, -0.2) is 3.23 Å². The van der Waals surface area contributed by atoms with Crippen molar-refractivity contribution < 1.29 is 0 Å². The zero-order valence-electron chi connectivity index (χ0n) is 5.66. The van der Waals surface area contributed by atoms with E-state index >= 15 is 0 Å². The molecular weight excluding hydrogens is 244 g/mol. The summed E-state index contributed by atoms with van der Waals surface area (Å²) >= 11 is 7.35. The summed E-state index contributed by atoms with van der Waals surface area (Å²) < 4.78 is 0.262. The van der Waals surface area contributed by atoms with Crippen LogP contribution in [0.25, 0.3) is 0 Å². The second-order valence-electron chi connectivity index (χ2n) is 2.91. The van der Waals surface area contributed by atoms with Crippen LogP contribution in [0.2, 0.25) is 0 Å². The first-order valence-electron chi connectivity index (χ1n) is 3.51. The summed E-state index contributed by atoms with van der Waals surface area (Å²) in [5.74, 6) is 0.784. The zero-order chi connectivity index (χ0) is 6.91. The number of rotatable bonds is 0. The van der Waals surface area contributed by atoms with Gasteiger partial charge in [0.15, 0.2) is 0 Å². The lowest BCUT2D eigenvalue weighted by atomic mass is 9.91. The Balaban J connectivity index is 2.49. The molecule has 1 saturated carbocycles. The average Bonchev–Trinajstić information content (AvgIpc) is 1.77. The Kier molecular flexibility index (Phi) is 2.61. The fourth-order valence-electron chi connectivity index (χ4n) is 1.27. The van der Waals surface area contributed by atoms with E-state index in [2.05, 4.69) is 38.8 Å². The van der Waals surface area contributed by atoms with E-state index in [4.69, 9.17) is 0 Å². The number of hydrogen-bond donors (Lipinski definition) is 0. The average molecular weight is 256 g/mol. The van der Waals surface area contributed by atoms with Crippen LogP contribution in [0.4, 0.5) is 0 Å². The lowest BCUT2D eigenvalue weighted by molar-refractivity contribution is 0.384. The Morgan fingerprint density at radius 3 is 2.33 bits per heavy atom. The minimum atomic E-state index is 0.262. The van der Waals surface area contributed by atoms with Gasteiger partial charge in [-0.05, 0) is 18.8 Å². The number of hydrogen-bond acceptors (Lipinski definition) is 0. The lowest BCUT2D eigenvalue weighted by Gasteiger charge is -2.32. The molecule has 1 aliphatic carbocycles. The quantitative estimate of drug-likeness (QED) is 0.580. The van der Waals surface area contributed by atoms with Gasteiger partial charge in [0.05, 0.1) is 3.23 Å². The first kappa shape index (κ1) is 8.06. The van der Waals surface area contributed by atoms with Gasteiger partial charge in [0.1, 0.15) is 0 Å². The number of alkyl halides is 2. The minimum Gasteiger partial charge on any atom is -0.0724 e. The molecule has 1 atom stereocenters. The van der Waals surface area contributed by atoms with Crippen molar-refractivity contribution in [3.8, 4) is 0 Å². The molecule has 0 nitrogen and oxygen atoms in total. The Labute approximate surface area is 73.7 Å². The fraction of sp³-hybridized carbons (Fsp3) is 1.00. The normalized spacial score (nSPS) is 34.3. The van der Waals surface area contributed by atoms with Gasteiger partial charge in [-0.3, -0.25) is 0 Å². The molecular formula is C7H12Br2. The van der Waals surface area contributed by atoms with Gasteiger partial charge >= 0.3 is 0 Å². The highest BCUT2D eigenvalue weighted by Crippen LogP contribution is 2.45. The van der Waals surface area contributed by atoms with Gasteiger partial charge in [-0.25, -0.2) is 0 Å². The predicted molar refractivity (Wildman–Crippen MR) is 48.2 cm³/mol. The second kappa shape index (κ2) is 2.91. The molecule has 0 aromatic heterocycles. The van der Waals surface area contributed by atoms with Gasteiger partial charge in [0.25, 0.3) is 0 Å². The van der Waals surface area contributed by atoms with Crippen LogP contribution in [0.15, 0.2) is 0 Å². The van der Waals surface area contributed by atoms with Crippen LogP contribution in [0.3, 0.4) is 0 Å². The minimum absolute atomic E-state index is 0.262. The zero-order valence-corrected chi connectivity index (χ0v) is 8.83.